The predicted octanol–water partition coefficient (Wildman–Crippen LogP) is 3.47. The first-order chi connectivity index (χ1) is 13.4. The molecule has 0 aliphatic rings. The average molecular weight is 387 g/mol. The molecule has 0 spiro atoms. The van der Waals surface area contributed by atoms with E-state index in [0.717, 1.165) is 0 Å². The van der Waals surface area contributed by atoms with E-state index in [0.29, 0.717) is 11.3 Å². The third-order valence-corrected chi connectivity index (χ3v) is 3.59. The minimum Gasteiger partial charge on any atom is -0.482 e. The Bertz CT molecular complexity index is 972. The van der Waals surface area contributed by atoms with Gasteiger partial charge in [-0.2, -0.15) is 0 Å². The van der Waals surface area contributed by atoms with Gasteiger partial charge < -0.3 is 13.9 Å². The number of nitro benzene ring substituents is 1. The van der Waals surface area contributed by atoms with Crippen LogP contribution < -0.4 is 4.74 Å². The molecule has 0 aliphatic carbocycles. The summed E-state index contributed by atoms with van der Waals surface area (Å²) in [4.78, 5) is 22.0. The Labute approximate surface area is 157 Å². The molecule has 0 bridgehead atoms. The van der Waals surface area contributed by atoms with Crippen molar-refractivity contribution >= 4 is 11.7 Å². The second-order valence-corrected chi connectivity index (χ2v) is 5.62. The second kappa shape index (κ2) is 8.25. The highest BCUT2D eigenvalue weighted by Crippen LogP contribution is 2.24. The van der Waals surface area contributed by atoms with Crippen LogP contribution in [-0.2, 0) is 9.53 Å². The van der Waals surface area contributed by atoms with Crippen molar-refractivity contribution in [3.8, 4) is 17.2 Å². The van der Waals surface area contributed by atoms with Crippen molar-refractivity contribution in [3.05, 3.63) is 70.4 Å². The topological polar surface area (TPSA) is 118 Å². The fourth-order valence-electron chi connectivity index (χ4n) is 2.20. The summed E-state index contributed by atoms with van der Waals surface area (Å²) in [5.74, 6) is -0.571. The predicted molar refractivity (Wildman–Crippen MR) is 92.8 cm³/mol. The van der Waals surface area contributed by atoms with Crippen LogP contribution in [0.2, 0.25) is 0 Å². The number of rotatable bonds is 7. The van der Waals surface area contributed by atoms with Crippen molar-refractivity contribution in [1.82, 2.24) is 10.2 Å². The van der Waals surface area contributed by atoms with E-state index in [4.69, 9.17) is 13.9 Å². The van der Waals surface area contributed by atoms with Crippen molar-refractivity contribution in [2.24, 2.45) is 0 Å². The number of hydrogen-bond donors (Lipinski definition) is 0. The molecule has 0 fully saturated rings. The Morgan fingerprint density at radius 3 is 2.50 bits per heavy atom. The number of halogens is 1. The van der Waals surface area contributed by atoms with Crippen molar-refractivity contribution in [3.63, 3.8) is 0 Å². The Hall–Kier alpha value is -3.82. The fourth-order valence-corrected chi connectivity index (χ4v) is 2.20. The van der Waals surface area contributed by atoms with Gasteiger partial charge in [-0.1, -0.05) is 0 Å². The monoisotopic (exact) mass is 387 g/mol. The van der Waals surface area contributed by atoms with Crippen molar-refractivity contribution in [2.75, 3.05) is 6.61 Å². The second-order valence-electron chi connectivity index (χ2n) is 5.62. The highest BCUT2D eigenvalue weighted by molar-refractivity contribution is 5.71. The molecule has 1 atom stereocenters. The number of non-ortho nitro benzene ring substituents is 1. The molecule has 0 saturated heterocycles. The lowest BCUT2D eigenvalue weighted by Gasteiger charge is -2.10. The number of ether oxygens (including phenoxy) is 2. The number of hydrogen-bond acceptors (Lipinski definition) is 8. The molecular weight excluding hydrogens is 373 g/mol. The van der Waals surface area contributed by atoms with Gasteiger partial charge in [0.25, 0.3) is 11.6 Å². The van der Waals surface area contributed by atoms with E-state index in [1.54, 1.807) is 6.92 Å². The Morgan fingerprint density at radius 2 is 1.86 bits per heavy atom. The minimum absolute atomic E-state index is 0.0588. The summed E-state index contributed by atoms with van der Waals surface area (Å²) < 4.78 is 28.6. The first-order valence-electron chi connectivity index (χ1n) is 8.08. The van der Waals surface area contributed by atoms with E-state index in [1.165, 1.54) is 48.5 Å². The standard InChI is InChI=1S/C18H14FN3O6/c1-11(27-16(23)10-26-15-8-4-13(19)5-9-15)17-20-21-18(28-17)12-2-6-14(7-3-12)22(24)25/h2-9,11H,10H2,1H3/t11-/m1/s1. The van der Waals surface area contributed by atoms with E-state index in [2.05, 4.69) is 10.2 Å². The largest absolute Gasteiger partial charge is 0.482 e. The number of nitro groups is 1. The van der Waals surface area contributed by atoms with Crippen LogP contribution in [0, 0.1) is 15.9 Å². The number of nitrogens with zero attached hydrogens (tertiary/aromatic N) is 3. The van der Waals surface area contributed by atoms with E-state index < -0.39 is 22.8 Å². The summed E-state index contributed by atoms with van der Waals surface area (Å²) in [6.07, 6.45) is -0.830. The van der Waals surface area contributed by atoms with E-state index in [1.807, 2.05) is 0 Å². The van der Waals surface area contributed by atoms with Crippen LogP contribution >= 0.6 is 0 Å². The summed E-state index contributed by atoms with van der Waals surface area (Å²) >= 11 is 0. The molecule has 0 radical (unpaired) electrons. The van der Waals surface area contributed by atoms with Gasteiger partial charge in [0.05, 0.1) is 4.92 Å². The lowest BCUT2D eigenvalue weighted by Crippen LogP contribution is -2.17. The molecule has 28 heavy (non-hydrogen) atoms. The molecule has 1 aromatic heterocycles. The zero-order chi connectivity index (χ0) is 20.1. The molecule has 3 rings (SSSR count). The SMILES string of the molecule is C[C@@H](OC(=O)COc1ccc(F)cc1)c1nnc(-c2ccc([N+](=O)[O-])cc2)o1. The lowest BCUT2D eigenvalue weighted by atomic mass is 10.2. The molecule has 144 valence electrons. The Balaban J connectivity index is 1.57. The van der Waals surface area contributed by atoms with Gasteiger partial charge in [0, 0.05) is 17.7 Å². The molecule has 0 N–H and O–H groups in total. The van der Waals surface area contributed by atoms with Crippen molar-refractivity contribution in [2.45, 2.75) is 13.0 Å². The average Bonchev–Trinajstić information content (AvgIpc) is 3.18. The van der Waals surface area contributed by atoms with Crippen LogP contribution in [0.5, 0.6) is 5.75 Å². The molecule has 0 saturated carbocycles. The van der Waals surface area contributed by atoms with Gasteiger partial charge in [-0.25, -0.2) is 9.18 Å². The first-order valence-corrected chi connectivity index (χ1v) is 8.08. The smallest absolute Gasteiger partial charge is 0.344 e. The van der Waals surface area contributed by atoms with Crippen LogP contribution in [0.3, 0.4) is 0 Å². The fraction of sp³-hybridized carbons (Fsp3) is 0.167. The summed E-state index contributed by atoms with van der Waals surface area (Å²) in [6.45, 7) is 1.17. The quantitative estimate of drug-likeness (QED) is 0.344. The van der Waals surface area contributed by atoms with Gasteiger partial charge in [0.15, 0.2) is 12.7 Å². The summed E-state index contributed by atoms with van der Waals surface area (Å²) in [5.41, 5.74) is 0.425. The van der Waals surface area contributed by atoms with Gasteiger partial charge in [-0.05, 0) is 43.3 Å². The van der Waals surface area contributed by atoms with Gasteiger partial charge in [0.1, 0.15) is 11.6 Å². The van der Waals surface area contributed by atoms with Crippen LogP contribution in [0.15, 0.2) is 52.9 Å². The normalized spacial score (nSPS) is 11.6. The highest BCUT2D eigenvalue weighted by atomic mass is 19.1. The van der Waals surface area contributed by atoms with Crippen LogP contribution in [-0.4, -0.2) is 27.7 Å². The summed E-state index contributed by atoms with van der Waals surface area (Å²) in [5, 5.41) is 18.3. The zero-order valence-electron chi connectivity index (χ0n) is 14.6. The molecule has 0 unspecified atom stereocenters. The third kappa shape index (κ3) is 4.67. The van der Waals surface area contributed by atoms with Gasteiger partial charge in [-0.3, -0.25) is 10.1 Å². The first kappa shape index (κ1) is 19.0. The third-order valence-electron chi connectivity index (χ3n) is 3.59. The number of carbonyl (C=O) groups is 1. The minimum atomic E-state index is -0.830. The molecule has 1 heterocycles. The van der Waals surface area contributed by atoms with Crippen molar-refractivity contribution < 1.29 is 28.0 Å². The van der Waals surface area contributed by atoms with E-state index in [-0.39, 0.29) is 24.1 Å². The maximum absolute atomic E-state index is 12.8. The van der Waals surface area contributed by atoms with E-state index in [9.17, 15) is 19.3 Å². The molecule has 0 aliphatic heterocycles. The van der Waals surface area contributed by atoms with Gasteiger partial charge in [-0.15, -0.1) is 10.2 Å². The Morgan fingerprint density at radius 1 is 1.18 bits per heavy atom. The maximum Gasteiger partial charge on any atom is 0.344 e. The number of benzene rings is 2. The Kier molecular flexibility index (Phi) is 5.58. The molecule has 9 nitrogen and oxygen atoms in total. The lowest BCUT2D eigenvalue weighted by molar-refractivity contribution is -0.384. The molecule has 2 aromatic carbocycles. The van der Waals surface area contributed by atoms with Crippen molar-refractivity contribution in [1.29, 1.82) is 0 Å². The molecule has 0 amide bonds. The van der Waals surface area contributed by atoms with Crippen LogP contribution in [0.25, 0.3) is 11.5 Å². The van der Waals surface area contributed by atoms with Gasteiger partial charge >= 0.3 is 5.97 Å². The molecular formula is C18H14FN3O6. The summed E-state index contributed by atoms with van der Waals surface area (Å²) in [6, 6.07) is 10.8. The maximum atomic E-state index is 12.8. The number of aromatic nitrogens is 2. The zero-order valence-corrected chi connectivity index (χ0v) is 14.6. The number of carbonyl (C=O) groups excluding carboxylic acids is 1. The van der Waals surface area contributed by atoms with Gasteiger partial charge in [0.2, 0.25) is 5.89 Å². The highest BCUT2D eigenvalue weighted by Gasteiger charge is 2.19. The van der Waals surface area contributed by atoms with E-state index >= 15 is 0 Å². The molecule has 3 aromatic rings. The molecule has 10 heteroatoms. The van der Waals surface area contributed by atoms with Crippen LogP contribution in [0.4, 0.5) is 10.1 Å². The summed E-state index contributed by atoms with van der Waals surface area (Å²) in [7, 11) is 0. The number of esters is 1. The van der Waals surface area contributed by atoms with Crippen LogP contribution in [0.1, 0.15) is 18.9 Å².